The van der Waals surface area contributed by atoms with Gasteiger partial charge in [-0.3, -0.25) is 4.90 Å². The highest BCUT2D eigenvalue weighted by molar-refractivity contribution is 5.31. The highest BCUT2D eigenvalue weighted by atomic mass is 16.5. The van der Waals surface area contributed by atoms with E-state index < -0.39 is 6.10 Å². The Kier molecular flexibility index (Phi) is 7.90. The molecule has 0 aromatic heterocycles. The number of hydrogen-bond donors (Lipinski definition) is 1. The summed E-state index contributed by atoms with van der Waals surface area (Å²) in [5, 5.41) is 10.6. The Morgan fingerprint density at radius 1 is 1.14 bits per heavy atom. The average Bonchev–Trinajstić information content (AvgIpc) is 3.21. The summed E-state index contributed by atoms with van der Waals surface area (Å²) in [6.45, 7) is 7.56. The molecule has 0 aliphatic carbocycles. The molecule has 1 aliphatic rings. The standard InChI is InChI=1S/C24H33NO3/c1-3-20-10-12-21(13-11-20)15-25(17-23-8-6-14-27-23)16-22(26)18-28-24-9-5-4-7-19(24)2/h4-5,7,9-13,22-23,26H,3,6,8,14-18H2,1-2H3. The first-order valence-electron chi connectivity index (χ1n) is 10.4. The van der Waals surface area contributed by atoms with E-state index in [1.165, 1.54) is 11.1 Å². The Morgan fingerprint density at radius 2 is 1.89 bits per heavy atom. The second kappa shape index (κ2) is 10.6. The predicted molar refractivity (Wildman–Crippen MR) is 113 cm³/mol. The van der Waals surface area contributed by atoms with Gasteiger partial charge in [0.15, 0.2) is 0 Å². The number of nitrogens with zero attached hydrogens (tertiary/aromatic N) is 1. The van der Waals surface area contributed by atoms with Crippen LogP contribution in [-0.2, 0) is 17.7 Å². The minimum Gasteiger partial charge on any atom is -0.491 e. The number of aliphatic hydroxyl groups is 1. The maximum absolute atomic E-state index is 10.6. The monoisotopic (exact) mass is 383 g/mol. The van der Waals surface area contributed by atoms with Crippen molar-refractivity contribution in [2.24, 2.45) is 0 Å². The molecule has 2 aromatic carbocycles. The zero-order valence-electron chi connectivity index (χ0n) is 17.1. The van der Waals surface area contributed by atoms with Crippen LogP contribution < -0.4 is 4.74 Å². The molecular formula is C24H33NO3. The van der Waals surface area contributed by atoms with Gasteiger partial charge in [0.1, 0.15) is 18.5 Å². The molecule has 1 fully saturated rings. The zero-order chi connectivity index (χ0) is 19.8. The lowest BCUT2D eigenvalue weighted by Crippen LogP contribution is -2.39. The molecule has 2 atom stereocenters. The van der Waals surface area contributed by atoms with E-state index in [4.69, 9.17) is 9.47 Å². The number of para-hydroxylation sites is 1. The second-order valence-corrected chi connectivity index (χ2v) is 7.73. The summed E-state index contributed by atoms with van der Waals surface area (Å²) >= 11 is 0. The van der Waals surface area contributed by atoms with Gasteiger partial charge in [-0.05, 0) is 48.9 Å². The van der Waals surface area contributed by atoms with Crippen LogP contribution in [0.25, 0.3) is 0 Å². The first kappa shape index (κ1) is 20.8. The summed E-state index contributed by atoms with van der Waals surface area (Å²) in [7, 11) is 0. The minimum atomic E-state index is -0.545. The van der Waals surface area contributed by atoms with Crippen molar-refractivity contribution in [3.8, 4) is 5.75 Å². The topological polar surface area (TPSA) is 41.9 Å². The molecule has 1 N–H and O–H groups in total. The molecule has 0 saturated carbocycles. The van der Waals surface area contributed by atoms with Gasteiger partial charge in [0, 0.05) is 26.2 Å². The molecule has 3 rings (SSSR count). The first-order valence-corrected chi connectivity index (χ1v) is 10.4. The lowest BCUT2D eigenvalue weighted by Gasteiger charge is -2.27. The third-order valence-electron chi connectivity index (χ3n) is 5.32. The van der Waals surface area contributed by atoms with Gasteiger partial charge in [0.05, 0.1) is 6.10 Å². The molecule has 2 aromatic rings. The van der Waals surface area contributed by atoms with Crippen LogP contribution in [0.2, 0.25) is 0 Å². The van der Waals surface area contributed by atoms with Crippen molar-refractivity contribution < 1.29 is 14.6 Å². The number of aryl methyl sites for hydroxylation is 2. The van der Waals surface area contributed by atoms with Crippen LogP contribution in [0.4, 0.5) is 0 Å². The maximum Gasteiger partial charge on any atom is 0.122 e. The maximum atomic E-state index is 10.6. The molecule has 1 saturated heterocycles. The molecule has 0 radical (unpaired) electrons. The predicted octanol–water partition coefficient (Wildman–Crippen LogP) is 3.98. The van der Waals surface area contributed by atoms with E-state index in [9.17, 15) is 5.11 Å². The molecule has 4 heteroatoms. The van der Waals surface area contributed by atoms with Gasteiger partial charge in [-0.1, -0.05) is 49.4 Å². The lowest BCUT2D eigenvalue weighted by atomic mass is 10.1. The van der Waals surface area contributed by atoms with Crippen molar-refractivity contribution in [2.45, 2.75) is 51.9 Å². The van der Waals surface area contributed by atoms with Crippen LogP contribution in [0.3, 0.4) is 0 Å². The molecule has 28 heavy (non-hydrogen) atoms. The van der Waals surface area contributed by atoms with Crippen LogP contribution in [0, 0.1) is 6.92 Å². The van der Waals surface area contributed by atoms with Crippen molar-refractivity contribution in [2.75, 3.05) is 26.3 Å². The Balaban J connectivity index is 1.57. The van der Waals surface area contributed by atoms with E-state index in [0.717, 1.165) is 50.3 Å². The van der Waals surface area contributed by atoms with E-state index in [-0.39, 0.29) is 6.10 Å². The lowest BCUT2D eigenvalue weighted by molar-refractivity contribution is 0.0313. The van der Waals surface area contributed by atoms with Gasteiger partial charge in [-0.2, -0.15) is 0 Å². The first-order chi connectivity index (χ1) is 13.6. The Hall–Kier alpha value is -1.88. The molecular weight excluding hydrogens is 350 g/mol. The average molecular weight is 384 g/mol. The third-order valence-corrected chi connectivity index (χ3v) is 5.32. The number of ether oxygens (including phenoxy) is 2. The third kappa shape index (κ3) is 6.33. The van der Waals surface area contributed by atoms with Gasteiger partial charge in [0.25, 0.3) is 0 Å². The molecule has 0 amide bonds. The second-order valence-electron chi connectivity index (χ2n) is 7.73. The van der Waals surface area contributed by atoms with Crippen LogP contribution in [0.15, 0.2) is 48.5 Å². The van der Waals surface area contributed by atoms with Crippen molar-refractivity contribution in [3.63, 3.8) is 0 Å². The van der Waals surface area contributed by atoms with Gasteiger partial charge in [-0.25, -0.2) is 0 Å². The molecule has 2 unspecified atom stereocenters. The fraction of sp³-hybridized carbons (Fsp3) is 0.500. The summed E-state index contributed by atoms with van der Waals surface area (Å²) in [4.78, 5) is 2.29. The zero-order valence-corrected chi connectivity index (χ0v) is 17.1. The van der Waals surface area contributed by atoms with Crippen molar-refractivity contribution in [1.29, 1.82) is 0 Å². The summed E-state index contributed by atoms with van der Waals surface area (Å²) < 4.78 is 11.7. The van der Waals surface area contributed by atoms with Gasteiger partial charge in [-0.15, -0.1) is 0 Å². The van der Waals surface area contributed by atoms with Gasteiger partial charge >= 0.3 is 0 Å². The number of rotatable bonds is 10. The fourth-order valence-electron chi connectivity index (χ4n) is 3.67. The van der Waals surface area contributed by atoms with Gasteiger partial charge in [0.2, 0.25) is 0 Å². The number of benzene rings is 2. The Morgan fingerprint density at radius 3 is 2.57 bits per heavy atom. The van der Waals surface area contributed by atoms with E-state index in [1.807, 2.05) is 31.2 Å². The van der Waals surface area contributed by atoms with Crippen LogP contribution in [0.1, 0.15) is 36.5 Å². The van der Waals surface area contributed by atoms with E-state index in [1.54, 1.807) is 0 Å². The SMILES string of the molecule is CCc1ccc(CN(CC(O)COc2ccccc2C)CC2CCCO2)cc1. The number of hydrogen-bond acceptors (Lipinski definition) is 4. The summed E-state index contributed by atoms with van der Waals surface area (Å²) in [5.41, 5.74) is 3.70. The van der Waals surface area contributed by atoms with E-state index in [2.05, 4.69) is 36.1 Å². The molecule has 1 heterocycles. The quantitative estimate of drug-likeness (QED) is 0.674. The molecule has 152 valence electrons. The largest absolute Gasteiger partial charge is 0.491 e. The number of aliphatic hydroxyl groups excluding tert-OH is 1. The van der Waals surface area contributed by atoms with Crippen LogP contribution in [0.5, 0.6) is 5.75 Å². The fourth-order valence-corrected chi connectivity index (χ4v) is 3.67. The van der Waals surface area contributed by atoms with Crippen molar-refractivity contribution in [1.82, 2.24) is 4.90 Å². The summed E-state index contributed by atoms with van der Waals surface area (Å²) in [6.07, 6.45) is 2.99. The highest BCUT2D eigenvalue weighted by Gasteiger charge is 2.21. The molecule has 0 spiro atoms. The Bertz CT molecular complexity index is 710. The van der Waals surface area contributed by atoms with Crippen molar-refractivity contribution >= 4 is 0 Å². The summed E-state index contributed by atoms with van der Waals surface area (Å²) in [6, 6.07) is 16.7. The molecule has 0 bridgehead atoms. The van der Waals surface area contributed by atoms with Crippen LogP contribution in [-0.4, -0.2) is 48.5 Å². The molecule has 4 nitrogen and oxygen atoms in total. The highest BCUT2D eigenvalue weighted by Crippen LogP contribution is 2.18. The Labute approximate surface area is 169 Å². The minimum absolute atomic E-state index is 0.263. The smallest absolute Gasteiger partial charge is 0.122 e. The van der Waals surface area contributed by atoms with Crippen LogP contribution >= 0.6 is 0 Å². The normalized spacial score (nSPS) is 17.8. The van der Waals surface area contributed by atoms with Gasteiger partial charge < -0.3 is 14.6 Å². The summed E-state index contributed by atoms with van der Waals surface area (Å²) in [5.74, 6) is 0.836. The van der Waals surface area contributed by atoms with E-state index in [0.29, 0.717) is 13.2 Å². The van der Waals surface area contributed by atoms with E-state index >= 15 is 0 Å². The molecule has 1 aliphatic heterocycles. The van der Waals surface area contributed by atoms with Crippen molar-refractivity contribution in [3.05, 3.63) is 65.2 Å².